The van der Waals surface area contributed by atoms with Gasteiger partial charge in [0, 0.05) is 18.7 Å². The second kappa shape index (κ2) is 8.83. The summed E-state index contributed by atoms with van der Waals surface area (Å²) in [4.78, 5) is 24.5. The molecule has 0 saturated heterocycles. The fourth-order valence-electron chi connectivity index (χ4n) is 3.52. The Labute approximate surface area is 143 Å². The van der Waals surface area contributed by atoms with Gasteiger partial charge in [-0.15, -0.1) is 0 Å². The van der Waals surface area contributed by atoms with Crippen LogP contribution in [-0.2, 0) is 16.1 Å². The number of esters is 1. The number of amides is 1. The lowest BCUT2D eigenvalue weighted by Crippen LogP contribution is -2.41. The fraction of sp³-hybridized carbons (Fsp3) is 0.579. The van der Waals surface area contributed by atoms with Crippen LogP contribution >= 0.6 is 0 Å². The van der Waals surface area contributed by atoms with Crippen LogP contribution in [-0.4, -0.2) is 25.0 Å². The lowest BCUT2D eigenvalue weighted by molar-refractivity contribution is -0.146. The van der Waals surface area contributed by atoms with E-state index < -0.39 is 0 Å². The second-order valence-electron chi connectivity index (χ2n) is 6.59. The van der Waals surface area contributed by atoms with E-state index in [4.69, 9.17) is 10.5 Å². The summed E-state index contributed by atoms with van der Waals surface area (Å²) in [6.07, 6.45) is 5.65. The van der Waals surface area contributed by atoms with Crippen LogP contribution < -0.4 is 11.1 Å². The minimum absolute atomic E-state index is 0.121. The lowest BCUT2D eigenvalue weighted by Gasteiger charge is -2.36. The molecule has 0 aromatic heterocycles. The molecule has 0 heterocycles. The van der Waals surface area contributed by atoms with Crippen molar-refractivity contribution in [2.24, 2.45) is 11.1 Å². The maximum absolute atomic E-state index is 12.5. The van der Waals surface area contributed by atoms with Crippen LogP contribution in [0.15, 0.2) is 24.3 Å². The highest BCUT2D eigenvalue weighted by Crippen LogP contribution is 2.39. The summed E-state index contributed by atoms with van der Waals surface area (Å²) < 4.78 is 5.13. The number of ether oxygens (including phenoxy) is 1. The highest BCUT2D eigenvalue weighted by atomic mass is 16.5. The van der Waals surface area contributed by atoms with Gasteiger partial charge in [-0.2, -0.15) is 0 Å². The topological polar surface area (TPSA) is 81.4 Å². The Morgan fingerprint density at radius 1 is 1.21 bits per heavy atom. The normalized spacial score (nSPS) is 16.4. The SMILES string of the molecule is CCOC(=O)CC1(CNC(=O)c2ccccc2CN)CCCCC1. The number of carbonyl (C=O) groups is 2. The molecule has 1 aliphatic rings. The summed E-state index contributed by atoms with van der Waals surface area (Å²) in [6, 6.07) is 7.37. The fourth-order valence-corrected chi connectivity index (χ4v) is 3.52. The Hall–Kier alpha value is -1.88. The van der Waals surface area contributed by atoms with E-state index in [1.54, 1.807) is 6.07 Å². The summed E-state index contributed by atoms with van der Waals surface area (Å²) in [5.41, 5.74) is 6.97. The third kappa shape index (κ3) is 4.81. The smallest absolute Gasteiger partial charge is 0.306 e. The Morgan fingerprint density at radius 3 is 2.58 bits per heavy atom. The van der Waals surface area contributed by atoms with Crippen LogP contribution in [0.1, 0.15) is 61.4 Å². The molecule has 1 aromatic rings. The summed E-state index contributed by atoms with van der Waals surface area (Å²) in [5, 5.41) is 3.03. The molecule has 0 unspecified atom stereocenters. The third-order valence-electron chi connectivity index (χ3n) is 4.84. The van der Waals surface area contributed by atoms with Crippen LogP contribution in [0.5, 0.6) is 0 Å². The molecule has 1 saturated carbocycles. The van der Waals surface area contributed by atoms with E-state index >= 15 is 0 Å². The zero-order chi connectivity index (χ0) is 17.4. The van der Waals surface area contributed by atoms with Gasteiger partial charge in [0.25, 0.3) is 5.91 Å². The zero-order valence-electron chi connectivity index (χ0n) is 14.5. The molecule has 3 N–H and O–H groups in total. The first-order valence-electron chi connectivity index (χ1n) is 8.82. The summed E-state index contributed by atoms with van der Waals surface area (Å²) in [7, 11) is 0. The molecule has 1 fully saturated rings. The van der Waals surface area contributed by atoms with E-state index in [1.807, 2.05) is 25.1 Å². The molecular weight excluding hydrogens is 304 g/mol. The van der Waals surface area contributed by atoms with Crippen molar-refractivity contribution in [2.75, 3.05) is 13.2 Å². The Morgan fingerprint density at radius 2 is 1.92 bits per heavy atom. The van der Waals surface area contributed by atoms with Gasteiger partial charge < -0.3 is 15.8 Å². The average molecular weight is 332 g/mol. The average Bonchev–Trinajstić information content (AvgIpc) is 2.60. The first kappa shape index (κ1) is 18.5. The molecule has 24 heavy (non-hydrogen) atoms. The number of nitrogens with two attached hydrogens (primary N) is 1. The monoisotopic (exact) mass is 332 g/mol. The van der Waals surface area contributed by atoms with Crippen LogP contribution in [0, 0.1) is 5.41 Å². The predicted octanol–water partition coefficient (Wildman–Crippen LogP) is 2.78. The minimum Gasteiger partial charge on any atom is -0.466 e. The van der Waals surface area contributed by atoms with E-state index in [0.29, 0.717) is 31.7 Å². The van der Waals surface area contributed by atoms with Crippen molar-refractivity contribution in [3.05, 3.63) is 35.4 Å². The van der Waals surface area contributed by atoms with E-state index in [9.17, 15) is 9.59 Å². The van der Waals surface area contributed by atoms with Crippen LogP contribution in [0.3, 0.4) is 0 Å². The molecule has 1 aromatic carbocycles. The van der Waals surface area contributed by atoms with Gasteiger partial charge in [-0.05, 0) is 36.8 Å². The van der Waals surface area contributed by atoms with Crippen molar-refractivity contribution < 1.29 is 14.3 Å². The molecule has 1 aliphatic carbocycles. The van der Waals surface area contributed by atoms with Gasteiger partial charge in [-0.25, -0.2) is 0 Å². The van der Waals surface area contributed by atoms with Gasteiger partial charge in [0.05, 0.1) is 13.0 Å². The molecule has 5 heteroatoms. The highest BCUT2D eigenvalue weighted by Gasteiger charge is 2.35. The molecule has 1 amide bonds. The quantitative estimate of drug-likeness (QED) is 0.752. The summed E-state index contributed by atoms with van der Waals surface area (Å²) >= 11 is 0. The van der Waals surface area contributed by atoms with Gasteiger partial charge in [0.1, 0.15) is 0 Å². The number of benzene rings is 1. The van der Waals surface area contributed by atoms with Crippen molar-refractivity contribution in [3.8, 4) is 0 Å². The molecule has 5 nitrogen and oxygen atoms in total. The van der Waals surface area contributed by atoms with Crippen molar-refractivity contribution in [1.29, 1.82) is 0 Å². The molecule has 0 bridgehead atoms. The molecule has 132 valence electrons. The van der Waals surface area contributed by atoms with E-state index in [0.717, 1.165) is 31.2 Å². The Kier molecular flexibility index (Phi) is 6.79. The molecular formula is C19H28N2O3. The lowest BCUT2D eigenvalue weighted by atomic mass is 9.71. The van der Waals surface area contributed by atoms with E-state index in [-0.39, 0.29) is 17.3 Å². The van der Waals surface area contributed by atoms with Crippen molar-refractivity contribution >= 4 is 11.9 Å². The number of hydrogen-bond donors (Lipinski definition) is 2. The summed E-state index contributed by atoms with van der Waals surface area (Å²) in [5.74, 6) is -0.291. The first-order chi connectivity index (χ1) is 11.6. The van der Waals surface area contributed by atoms with Crippen LogP contribution in [0.25, 0.3) is 0 Å². The van der Waals surface area contributed by atoms with Crippen molar-refractivity contribution in [3.63, 3.8) is 0 Å². The number of nitrogens with one attached hydrogen (secondary N) is 1. The Balaban J connectivity index is 2.04. The largest absolute Gasteiger partial charge is 0.466 e. The maximum atomic E-state index is 12.5. The predicted molar refractivity (Wildman–Crippen MR) is 93.4 cm³/mol. The van der Waals surface area contributed by atoms with E-state index in [2.05, 4.69) is 5.32 Å². The molecule has 2 rings (SSSR count). The van der Waals surface area contributed by atoms with Gasteiger partial charge in [0.2, 0.25) is 0 Å². The molecule has 0 atom stereocenters. The third-order valence-corrected chi connectivity index (χ3v) is 4.84. The van der Waals surface area contributed by atoms with Gasteiger partial charge in [-0.1, -0.05) is 37.5 Å². The molecule has 0 radical (unpaired) electrons. The van der Waals surface area contributed by atoms with Gasteiger partial charge >= 0.3 is 5.97 Å². The second-order valence-corrected chi connectivity index (χ2v) is 6.59. The Bertz CT molecular complexity index is 565. The molecule has 0 spiro atoms. The van der Waals surface area contributed by atoms with Crippen LogP contribution in [0.4, 0.5) is 0 Å². The maximum Gasteiger partial charge on any atom is 0.306 e. The standard InChI is InChI=1S/C19H28N2O3/c1-2-24-17(22)12-19(10-6-3-7-11-19)14-21-18(23)16-9-5-4-8-15(16)13-20/h4-5,8-9H,2-3,6-7,10-14,20H2,1H3,(H,21,23). The first-order valence-corrected chi connectivity index (χ1v) is 8.82. The van der Waals surface area contributed by atoms with Crippen molar-refractivity contribution in [2.45, 2.75) is 52.0 Å². The highest BCUT2D eigenvalue weighted by molar-refractivity contribution is 5.95. The number of carbonyl (C=O) groups excluding carboxylic acids is 2. The number of hydrogen-bond acceptors (Lipinski definition) is 4. The van der Waals surface area contributed by atoms with Gasteiger partial charge in [-0.3, -0.25) is 9.59 Å². The minimum atomic E-state index is -0.183. The molecule has 0 aliphatic heterocycles. The van der Waals surface area contributed by atoms with Crippen molar-refractivity contribution in [1.82, 2.24) is 5.32 Å². The van der Waals surface area contributed by atoms with E-state index in [1.165, 1.54) is 6.42 Å². The summed E-state index contributed by atoms with van der Waals surface area (Å²) in [6.45, 7) is 3.04. The van der Waals surface area contributed by atoms with Gasteiger partial charge in [0.15, 0.2) is 0 Å². The van der Waals surface area contributed by atoms with Crippen LogP contribution in [0.2, 0.25) is 0 Å². The zero-order valence-corrected chi connectivity index (χ0v) is 14.5. The number of rotatable bonds is 7.